The molecule has 112 valence electrons. The first-order chi connectivity index (χ1) is 9.67. The Hall–Kier alpha value is 0.150. The van der Waals surface area contributed by atoms with E-state index in [1.807, 2.05) is 30.5 Å². The van der Waals surface area contributed by atoms with Gasteiger partial charge < -0.3 is 10.5 Å². The standard InChI is InChI=1S/C5H5ClO3S2.C4H4O3S2/c1-3-2-4(10-5(3)6)11-9-8-7;5-6-7-9-4-2-1-3-8-4/h2,7H,1H3;1-3,5H/p-2. The number of halogens is 1. The minimum Gasteiger partial charge on any atom is -0.691 e. The highest BCUT2D eigenvalue weighted by Gasteiger charge is 2.03. The van der Waals surface area contributed by atoms with Crippen molar-refractivity contribution in [3.63, 3.8) is 0 Å². The molecule has 6 nitrogen and oxygen atoms in total. The van der Waals surface area contributed by atoms with E-state index in [2.05, 4.69) is 18.7 Å². The van der Waals surface area contributed by atoms with Crippen molar-refractivity contribution in [1.29, 1.82) is 0 Å². The quantitative estimate of drug-likeness (QED) is 0.433. The van der Waals surface area contributed by atoms with E-state index in [1.165, 1.54) is 22.7 Å². The fourth-order valence-corrected chi connectivity index (χ4v) is 3.83. The summed E-state index contributed by atoms with van der Waals surface area (Å²) >= 11 is 10.3. The molecule has 0 unspecified atom stereocenters. The monoisotopic (exact) mass is 374 g/mol. The van der Waals surface area contributed by atoms with Crippen LogP contribution in [-0.4, -0.2) is 0 Å². The van der Waals surface area contributed by atoms with Gasteiger partial charge in [-0.1, -0.05) is 17.7 Å². The molecule has 0 atom stereocenters. The highest BCUT2D eigenvalue weighted by Crippen LogP contribution is 2.34. The smallest absolute Gasteiger partial charge is 0.0970 e. The Morgan fingerprint density at radius 3 is 2.25 bits per heavy atom. The summed E-state index contributed by atoms with van der Waals surface area (Å²) in [6.45, 7) is 1.88. The second kappa shape index (κ2) is 10.8. The Morgan fingerprint density at radius 1 is 1.15 bits per heavy atom. The molecule has 0 bridgehead atoms. The average molecular weight is 375 g/mol. The summed E-state index contributed by atoms with van der Waals surface area (Å²) in [7, 11) is 0. The molecule has 0 aliphatic rings. The third kappa shape index (κ3) is 7.24. The molecule has 0 saturated heterocycles. The summed E-state index contributed by atoms with van der Waals surface area (Å²) in [6.07, 6.45) is 0. The summed E-state index contributed by atoms with van der Waals surface area (Å²) in [5, 5.41) is 26.9. The van der Waals surface area contributed by atoms with Crippen LogP contribution in [0.1, 0.15) is 5.56 Å². The van der Waals surface area contributed by atoms with Crippen molar-refractivity contribution in [2.75, 3.05) is 0 Å². The molecular formula is C9H7ClO6S4-2. The van der Waals surface area contributed by atoms with Gasteiger partial charge in [0.05, 0.1) is 36.8 Å². The maximum atomic E-state index is 9.42. The summed E-state index contributed by atoms with van der Waals surface area (Å²) in [5.41, 5.74) is 0.966. The van der Waals surface area contributed by atoms with Gasteiger partial charge in [0.25, 0.3) is 0 Å². The molecule has 0 radical (unpaired) electrons. The van der Waals surface area contributed by atoms with Crippen LogP contribution in [0.25, 0.3) is 0 Å². The number of hydrogen-bond acceptors (Lipinski definition) is 10. The van der Waals surface area contributed by atoms with Crippen molar-refractivity contribution in [1.82, 2.24) is 0 Å². The summed E-state index contributed by atoms with van der Waals surface area (Å²) in [4.78, 5) is 0. The van der Waals surface area contributed by atoms with Gasteiger partial charge in [0.15, 0.2) is 0 Å². The summed E-state index contributed by atoms with van der Waals surface area (Å²) in [6, 6.07) is 5.51. The molecule has 0 saturated carbocycles. The fourth-order valence-electron chi connectivity index (χ4n) is 0.879. The highest BCUT2D eigenvalue weighted by atomic mass is 35.5. The van der Waals surface area contributed by atoms with Gasteiger partial charge in [-0.25, -0.2) is 0 Å². The third-order valence-electron chi connectivity index (χ3n) is 1.62. The van der Waals surface area contributed by atoms with Gasteiger partial charge in [-0.05, 0) is 30.0 Å². The lowest BCUT2D eigenvalue weighted by Crippen LogP contribution is -2.00. The van der Waals surface area contributed by atoms with Crippen molar-refractivity contribution < 1.29 is 29.3 Å². The van der Waals surface area contributed by atoms with E-state index in [0.717, 1.165) is 38.1 Å². The molecule has 0 fully saturated rings. The van der Waals surface area contributed by atoms with Crippen LogP contribution in [0, 0.1) is 6.92 Å². The molecule has 11 heteroatoms. The largest absolute Gasteiger partial charge is 0.691 e. The Bertz CT molecular complexity index is 457. The normalized spacial score (nSPS) is 10.2. The number of aryl methyl sites for hydroxylation is 1. The first-order valence-electron chi connectivity index (χ1n) is 4.73. The van der Waals surface area contributed by atoms with E-state index in [1.54, 1.807) is 0 Å². The van der Waals surface area contributed by atoms with Gasteiger partial charge in [0, 0.05) is 0 Å². The van der Waals surface area contributed by atoms with Crippen LogP contribution < -0.4 is 10.5 Å². The number of hydrogen-bond donors (Lipinski definition) is 0. The molecular weight excluding hydrogens is 368 g/mol. The van der Waals surface area contributed by atoms with Gasteiger partial charge in [-0.2, -0.15) is 8.67 Å². The molecule has 2 heterocycles. The predicted octanol–water partition coefficient (Wildman–Crippen LogP) is 2.92. The second-order valence-corrected chi connectivity index (χ2v) is 7.50. The molecule has 0 aliphatic carbocycles. The maximum Gasteiger partial charge on any atom is 0.0970 e. The van der Waals surface area contributed by atoms with Crippen LogP contribution in [0.2, 0.25) is 4.34 Å². The van der Waals surface area contributed by atoms with E-state index in [-0.39, 0.29) is 0 Å². The SMILES string of the molecule is Cc1cc(SOO[O-])sc1Cl.[O-]OOSc1cccs1. The molecule has 2 rings (SSSR count). The van der Waals surface area contributed by atoms with Crippen LogP contribution in [0.4, 0.5) is 0 Å². The van der Waals surface area contributed by atoms with Crippen molar-refractivity contribution in [3.8, 4) is 0 Å². The van der Waals surface area contributed by atoms with Crippen molar-refractivity contribution in [2.24, 2.45) is 0 Å². The van der Waals surface area contributed by atoms with E-state index >= 15 is 0 Å². The molecule has 0 aliphatic heterocycles. The Kier molecular flexibility index (Phi) is 9.84. The lowest BCUT2D eigenvalue weighted by molar-refractivity contribution is -0.777. The maximum absolute atomic E-state index is 9.42. The predicted molar refractivity (Wildman–Crippen MR) is 74.4 cm³/mol. The Labute approximate surface area is 136 Å². The zero-order valence-electron chi connectivity index (χ0n) is 9.77. The van der Waals surface area contributed by atoms with Gasteiger partial charge in [0.2, 0.25) is 0 Å². The number of thiophene rings is 2. The van der Waals surface area contributed by atoms with Crippen molar-refractivity contribution in [2.45, 2.75) is 15.3 Å². The summed E-state index contributed by atoms with van der Waals surface area (Å²) < 4.78 is 10.5. The van der Waals surface area contributed by atoms with Crippen LogP contribution >= 0.6 is 58.4 Å². The lowest BCUT2D eigenvalue weighted by atomic mass is 10.4. The fraction of sp³-hybridized carbons (Fsp3) is 0.111. The second-order valence-electron chi connectivity index (χ2n) is 2.89. The minimum atomic E-state index is 0.696. The minimum absolute atomic E-state index is 0.696. The first kappa shape index (κ1) is 18.2. The third-order valence-corrected chi connectivity index (χ3v) is 5.41. The Morgan fingerprint density at radius 2 is 1.80 bits per heavy atom. The summed E-state index contributed by atoms with van der Waals surface area (Å²) in [5.74, 6) is 0. The van der Waals surface area contributed by atoms with Crippen LogP contribution in [-0.2, 0) is 18.7 Å². The molecule has 0 aromatic carbocycles. The molecule has 2 aromatic heterocycles. The topological polar surface area (TPSA) is 83.0 Å². The molecule has 2 aromatic rings. The van der Waals surface area contributed by atoms with E-state index < -0.39 is 0 Å². The molecule has 0 spiro atoms. The molecule has 0 amide bonds. The molecule has 20 heavy (non-hydrogen) atoms. The van der Waals surface area contributed by atoms with Gasteiger partial charge in [-0.15, -0.1) is 22.7 Å². The molecule has 0 N–H and O–H groups in total. The lowest BCUT2D eigenvalue weighted by Gasteiger charge is -2.00. The van der Waals surface area contributed by atoms with E-state index in [4.69, 9.17) is 11.6 Å². The van der Waals surface area contributed by atoms with Gasteiger partial charge in [0.1, 0.15) is 0 Å². The zero-order chi connectivity index (χ0) is 14.8. The van der Waals surface area contributed by atoms with Crippen molar-refractivity contribution >= 4 is 58.4 Å². The number of rotatable bonds is 6. The van der Waals surface area contributed by atoms with Gasteiger partial charge in [-0.3, -0.25) is 10.1 Å². The van der Waals surface area contributed by atoms with Crippen LogP contribution in [0.5, 0.6) is 0 Å². The Balaban J connectivity index is 0.000000204. The van der Waals surface area contributed by atoms with Crippen LogP contribution in [0.15, 0.2) is 32.0 Å². The zero-order valence-corrected chi connectivity index (χ0v) is 13.8. The van der Waals surface area contributed by atoms with Crippen LogP contribution in [0.3, 0.4) is 0 Å². The average Bonchev–Trinajstić information content (AvgIpc) is 3.06. The van der Waals surface area contributed by atoms with E-state index in [9.17, 15) is 10.5 Å². The highest BCUT2D eigenvalue weighted by molar-refractivity contribution is 7.96. The first-order valence-corrected chi connectivity index (χ1v) is 8.29. The van der Waals surface area contributed by atoms with E-state index in [0.29, 0.717) is 4.34 Å². The van der Waals surface area contributed by atoms with Crippen molar-refractivity contribution in [3.05, 3.63) is 33.5 Å². The van der Waals surface area contributed by atoms with Gasteiger partial charge >= 0.3 is 0 Å².